The van der Waals surface area contributed by atoms with E-state index in [2.05, 4.69) is 29.6 Å². The average Bonchev–Trinajstić information content (AvgIpc) is 2.98. The Morgan fingerprint density at radius 3 is 2.77 bits per heavy atom. The van der Waals surface area contributed by atoms with Crippen molar-refractivity contribution in [3.8, 4) is 11.3 Å². The van der Waals surface area contributed by atoms with Crippen molar-refractivity contribution >= 4 is 28.2 Å². The number of hydrogen-bond acceptors (Lipinski definition) is 4. The quantitative estimate of drug-likeness (QED) is 0.718. The second-order valence-corrected chi connectivity index (χ2v) is 7.16. The summed E-state index contributed by atoms with van der Waals surface area (Å²) in [6.45, 7) is 0.654. The Bertz CT molecular complexity index is 812. The fraction of sp³-hybridized carbons (Fsp3) is 0.118. The van der Waals surface area contributed by atoms with Gasteiger partial charge in [-0.1, -0.05) is 30.3 Å². The van der Waals surface area contributed by atoms with Gasteiger partial charge in [-0.25, -0.2) is 9.37 Å². The first-order chi connectivity index (χ1) is 10.8. The summed E-state index contributed by atoms with van der Waals surface area (Å²) in [5.41, 5.74) is 3.37. The molecule has 2 nitrogen and oxygen atoms in total. The molecule has 110 valence electrons. The summed E-state index contributed by atoms with van der Waals surface area (Å²) in [6.07, 6.45) is 0. The Balaban J connectivity index is 1.56. The normalized spacial score (nSPS) is 12.6. The molecule has 2 aromatic carbocycles. The fourth-order valence-corrected chi connectivity index (χ4v) is 4.54. The van der Waals surface area contributed by atoms with Gasteiger partial charge in [0, 0.05) is 27.6 Å². The molecule has 1 aromatic heterocycles. The van der Waals surface area contributed by atoms with E-state index in [-0.39, 0.29) is 5.82 Å². The summed E-state index contributed by atoms with van der Waals surface area (Å²) in [6, 6.07) is 14.9. The maximum atomic E-state index is 12.9. The van der Waals surface area contributed by atoms with E-state index in [4.69, 9.17) is 4.98 Å². The van der Waals surface area contributed by atoms with Crippen molar-refractivity contribution < 1.29 is 4.39 Å². The number of thioether (sulfide) groups is 1. The molecule has 0 fully saturated rings. The Kier molecular flexibility index (Phi) is 3.60. The van der Waals surface area contributed by atoms with Crippen molar-refractivity contribution in [3.05, 3.63) is 64.8 Å². The number of rotatable bonds is 3. The molecule has 1 aliphatic rings. The number of aromatic nitrogens is 1. The highest BCUT2D eigenvalue weighted by Gasteiger charge is 2.20. The highest BCUT2D eigenvalue weighted by Crippen LogP contribution is 2.44. The van der Waals surface area contributed by atoms with E-state index in [0.717, 1.165) is 22.1 Å². The molecule has 22 heavy (non-hydrogen) atoms. The molecule has 2 heterocycles. The summed E-state index contributed by atoms with van der Waals surface area (Å²) in [5.74, 6) is 0.768. The van der Waals surface area contributed by atoms with Crippen molar-refractivity contribution in [2.75, 3.05) is 5.32 Å². The Labute approximate surface area is 136 Å². The minimum atomic E-state index is -0.206. The van der Waals surface area contributed by atoms with Gasteiger partial charge in [0.05, 0.1) is 5.69 Å². The largest absolute Gasteiger partial charge is 0.357 e. The molecule has 3 aromatic rings. The van der Waals surface area contributed by atoms with Crippen molar-refractivity contribution in [2.24, 2.45) is 0 Å². The molecule has 0 spiro atoms. The van der Waals surface area contributed by atoms with Gasteiger partial charge in [0.1, 0.15) is 5.82 Å². The molecule has 1 N–H and O–H groups in total. The van der Waals surface area contributed by atoms with Crippen LogP contribution in [0.4, 0.5) is 9.52 Å². The molecular formula is C17H13FN2S2. The van der Waals surface area contributed by atoms with Gasteiger partial charge in [-0.15, -0.1) is 23.1 Å². The van der Waals surface area contributed by atoms with Crippen LogP contribution in [0.3, 0.4) is 0 Å². The first-order valence-corrected chi connectivity index (χ1v) is 8.80. The summed E-state index contributed by atoms with van der Waals surface area (Å²) < 4.78 is 12.9. The van der Waals surface area contributed by atoms with Crippen molar-refractivity contribution in [3.63, 3.8) is 0 Å². The van der Waals surface area contributed by atoms with Gasteiger partial charge in [-0.2, -0.15) is 0 Å². The van der Waals surface area contributed by atoms with Crippen molar-refractivity contribution in [1.82, 2.24) is 4.98 Å². The fourth-order valence-electron chi connectivity index (χ4n) is 2.45. The van der Waals surface area contributed by atoms with Crippen LogP contribution >= 0.6 is 23.1 Å². The molecule has 0 amide bonds. The van der Waals surface area contributed by atoms with E-state index in [1.807, 2.05) is 11.8 Å². The molecule has 0 aliphatic carbocycles. The summed E-state index contributed by atoms with van der Waals surface area (Å²) in [5, 5.41) is 4.27. The molecule has 1 aliphatic heterocycles. The smallest absolute Gasteiger partial charge is 0.183 e. The number of anilines is 1. The number of benzene rings is 2. The molecular weight excluding hydrogens is 315 g/mol. The predicted molar refractivity (Wildman–Crippen MR) is 90.8 cm³/mol. The minimum Gasteiger partial charge on any atom is -0.357 e. The van der Waals surface area contributed by atoms with Gasteiger partial charge in [-0.05, 0) is 23.8 Å². The molecule has 0 atom stereocenters. The lowest BCUT2D eigenvalue weighted by atomic mass is 10.1. The molecule has 0 radical (unpaired) electrons. The topological polar surface area (TPSA) is 24.9 Å². The van der Waals surface area contributed by atoms with E-state index in [0.29, 0.717) is 6.54 Å². The van der Waals surface area contributed by atoms with E-state index < -0.39 is 0 Å². The van der Waals surface area contributed by atoms with Crippen molar-refractivity contribution in [1.29, 1.82) is 0 Å². The summed E-state index contributed by atoms with van der Waals surface area (Å²) >= 11 is 3.57. The lowest BCUT2D eigenvalue weighted by Gasteiger charge is -2.13. The van der Waals surface area contributed by atoms with Crippen LogP contribution < -0.4 is 5.32 Å². The van der Waals surface area contributed by atoms with Crippen LogP contribution in [-0.4, -0.2) is 4.98 Å². The maximum Gasteiger partial charge on any atom is 0.183 e. The Morgan fingerprint density at radius 1 is 1.09 bits per heavy atom. The van der Waals surface area contributed by atoms with E-state index in [1.54, 1.807) is 23.5 Å². The van der Waals surface area contributed by atoms with Gasteiger partial charge in [0.2, 0.25) is 0 Å². The molecule has 0 unspecified atom stereocenters. The van der Waals surface area contributed by atoms with Gasteiger partial charge in [0.15, 0.2) is 5.13 Å². The molecule has 5 heteroatoms. The van der Waals surface area contributed by atoms with Crippen LogP contribution in [0.25, 0.3) is 11.3 Å². The van der Waals surface area contributed by atoms with E-state index >= 15 is 0 Å². The molecule has 0 bridgehead atoms. The second kappa shape index (κ2) is 5.74. The van der Waals surface area contributed by atoms with Crippen LogP contribution in [0.15, 0.2) is 53.4 Å². The van der Waals surface area contributed by atoms with E-state index in [1.165, 1.54) is 27.5 Å². The lowest BCUT2D eigenvalue weighted by molar-refractivity contribution is 0.627. The summed E-state index contributed by atoms with van der Waals surface area (Å²) in [7, 11) is 0. The average molecular weight is 328 g/mol. The first kappa shape index (κ1) is 13.8. The van der Waals surface area contributed by atoms with Crippen LogP contribution in [-0.2, 0) is 12.3 Å². The third-order valence-electron chi connectivity index (χ3n) is 3.56. The number of hydrogen-bond donors (Lipinski definition) is 1. The zero-order chi connectivity index (χ0) is 14.9. The predicted octanol–water partition coefficient (Wildman–Crippen LogP) is 5.17. The van der Waals surface area contributed by atoms with Crippen LogP contribution in [0.2, 0.25) is 0 Å². The minimum absolute atomic E-state index is 0.206. The molecule has 0 saturated heterocycles. The highest BCUT2D eigenvalue weighted by atomic mass is 32.2. The number of thiazole rings is 1. The standard InChI is InChI=1S/C17H13FN2S2/c18-12-7-5-11(6-8-12)9-19-17-20-16-13-3-1-2-4-14(13)21-10-15(16)22-17/h1-8H,9-10H2,(H,19,20). The molecule has 0 saturated carbocycles. The SMILES string of the molecule is Fc1ccc(CNc2nc3c(s2)CSc2ccccc2-3)cc1. The van der Waals surface area contributed by atoms with Gasteiger partial charge < -0.3 is 5.32 Å². The molecule has 4 rings (SSSR count). The third-order valence-corrected chi connectivity index (χ3v) is 5.85. The number of nitrogens with zero attached hydrogens (tertiary/aromatic N) is 1. The summed E-state index contributed by atoms with van der Waals surface area (Å²) in [4.78, 5) is 7.35. The third kappa shape index (κ3) is 2.62. The lowest BCUT2D eigenvalue weighted by Crippen LogP contribution is -1.99. The van der Waals surface area contributed by atoms with Gasteiger partial charge >= 0.3 is 0 Å². The van der Waals surface area contributed by atoms with Crippen LogP contribution in [0.5, 0.6) is 0 Å². The zero-order valence-electron chi connectivity index (χ0n) is 11.7. The number of halogens is 1. The zero-order valence-corrected chi connectivity index (χ0v) is 13.3. The van der Waals surface area contributed by atoms with E-state index in [9.17, 15) is 4.39 Å². The monoisotopic (exact) mass is 328 g/mol. The van der Waals surface area contributed by atoms with Crippen LogP contribution in [0.1, 0.15) is 10.4 Å². The highest BCUT2D eigenvalue weighted by molar-refractivity contribution is 7.98. The number of nitrogens with one attached hydrogen (secondary N) is 1. The van der Waals surface area contributed by atoms with Gasteiger partial charge in [-0.3, -0.25) is 0 Å². The van der Waals surface area contributed by atoms with Crippen molar-refractivity contribution in [2.45, 2.75) is 17.2 Å². The Hall–Kier alpha value is -1.85. The first-order valence-electron chi connectivity index (χ1n) is 7.00. The maximum absolute atomic E-state index is 12.9. The number of fused-ring (bicyclic) bond motifs is 3. The van der Waals surface area contributed by atoms with Gasteiger partial charge in [0.25, 0.3) is 0 Å². The van der Waals surface area contributed by atoms with Crippen LogP contribution in [0, 0.1) is 5.82 Å². The second-order valence-electron chi connectivity index (χ2n) is 5.06. The Morgan fingerprint density at radius 2 is 1.91 bits per heavy atom.